The van der Waals surface area contributed by atoms with Crippen molar-refractivity contribution in [2.45, 2.75) is 77.9 Å². The van der Waals surface area contributed by atoms with Crippen LogP contribution in [0.5, 0.6) is 0 Å². The van der Waals surface area contributed by atoms with E-state index in [0.29, 0.717) is 5.69 Å². The van der Waals surface area contributed by atoms with Crippen LogP contribution in [0.2, 0.25) is 0 Å². The van der Waals surface area contributed by atoms with Gasteiger partial charge in [-0.1, -0.05) is 59.0 Å². The second kappa shape index (κ2) is 16.0. The molecule has 6 nitrogen and oxygen atoms in total. The van der Waals surface area contributed by atoms with E-state index in [1.54, 1.807) is 6.07 Å². The first-order valence-corrected chi connectivity index (χ1v) is 16.0. The van der Waals surface area contributed by atoms with Gasteiger partial charge in [0.1, 0.15) is 0 Å². The van der Waals surface area contributed by atoms with Crippen LogP contribution in [0.3, 0.4) is 0 Å². The summed E-state index contributed by atoms with van der Waals surface area (Å²) in [5.41, 5.74) is 4.76. The van der Waals surface area contributed by atoms with Crippen LogP contribution in [0.25, 0.3) is 0 Å². The number of likely N-dealkylation sites (tertiary alicyclic amines) is 1. The third-order valence-corrected chi connectivity index (χ3v) is 8.55. The topological polar surface area (TPSA) is 43.0 Å². The molecule has 0 atom stereocenters. The minimum Gasteiger partial charge on any atom is -0.382 e. The molecule has 10 heteroatoms. The standard InChI is InChI=1S/C31H44F3N5OS.C2H6/c1-30(2,3)23-7-10-26(11-8-23)38-20-18-37(19-21-38)15-5-6-29(41)39-16-13-24(14-17-39)35-25-9-12-28(36-40-4)27(22-25)31(32,33)34;1-2/h7-12,22,24,35-36H,5-6,13-21H2,1-4H3;1-2H3. The molecular formula is C33H50F3N5OS. The van der Waals surface area contributed by atoms with Crippen LogP contribution in [-0.4, -0.2) is 73.8 Å². The molecule has 0 saturated carbocycles. The fourth-order valence-electron chi connectivity index (χ4n) is 5.59. The second-order valence-electron chi connectivity index (χ2n) is 12.1. The first-order chi connectivity index (χ1) is 20.4. The van der Waals surface area contributed by atoms with E-state index in [9.17, 15) is 13.2 Å². The summed E-state index contributed by atoms with van der Waals surface area (Å²) in [6.45, 7) is 17.6. The molecule has 2 aromatic carbocycles. The number of nitrogens with zero attached hydrogens (tertiary/aromatic N) is 3. The molecule has 2 heterocycles. The molecule has 2 saturated heterocycles. The molecule has 43 heavy (non-hydrogen) atoms. The van der Waals surface area contributed by atoms with Gasteiger partial charge in [0.05, 0.1) is 23.3 Å². The quantitative estimate of drug-likeness (QED) is 0.219. The molecule has 0 spiro atoms. The molecule has 0 unspecified atom stereocenters. The van der Waals surface area contributed by atoms with Crippen molar-refractivity contribution >= 4 is 34.3 Å². The van der Waals surface area contributed by atoms with Gasteiger partial charge in [0.15, 0.2) is 0 Å². The van der Waals surface area contributed by atoms with Crippen molar-refractivity contribution in [3.05, 3.63) is 53.6 Å². The zero-order valence-corrected chi connectivity index (χ0v) is 27.5. The van der Waals surface area contributed by atoms with Crippen LogP contribution in [0.4, 0.5) is 30.2 Å². The van der Waals surface area contributed by atoms with Crippen molar-refractivity contribution in [2.75, 3.05) is 68.6 Å². The Morgan fingerprint density at radius 2 is 1.56 bits per heavy atom. The van der Waals surface area contributed by atoms with Gasteiger partial charge in [-0.05, 0) is 73.5 Å². The number of benzene rings is 2. The monoisotopic (exact) mass is 621 g/mol. The van der Waals surface area contributed by atoms with Crippen molar-refractivity contribution < 1.29 is 18.0 Å². The predicted molar refractivity (Wildman–Crippen MR) is 177 cm³/mol. The number of anilines is 3. The molecule has 240 valence electrons. The maximum atomic E-state index is 13.5. The minimum absolute atomic E-state index is 0.0986. The summed E-state index contributed by atoms with van der Waals surface area (Å²) in [5, 5.41) is 3.28. The molecule has 2 aromatic rings. The third kappa shape index (κ3) is 10.3. The van der Waals surface area contributed by atoms with Gasteiger partial charge in [-0.2, -0.15) is 13.2 Å². The Bertz CT molecular complexity index is 1140. The van der Waals surface area contributed by atoms with Crippen LogP contribution >= 0.6 is 12.2 Å². The average Bonchev–Trinajstić information content (AvgIpc) is 2.99. The summed E-state index contributed by atoms with van der Waals surface area (Å²) in [5.74, 6) is 0. The Balaban J connectivity index is 0.00000248. The SMILES string of the molecule is CC.CONc1ccc(NC2CCN(C(=S)CCCN3CCN(c4ccc(C(C)(C)C)cc4)CC3)CC2)cc1C(F)(F)F. The summed E-state index contributed by atoms with van der Waals surface area (Å²) in [7, 11) is 1.29. The summed E-state index contributed by atoms with van der Waals surface area (Å²) in [4.78, 5) is 13.0. The van der Waals surface area contributed by atoms with Crippen LogP contribution in [0.1, 0.15) is 71.4 Å². The van der Waals surface area contributed by atoms with E-state index in [2.05, 4.69) is 70.5 Å². The largest absolute Gasteiger partial charge is 0.418 e. The van der Waals surface area contributed by atoms with E-state index in [1.165, 1.54) is 24.4 Å². The van der Waals surface area contributed by atoms with Crippen LogP contribution in [0, 0.1) is 0 Å². The third-order valence-electron chi connectivity index (χ3n) is 8.09. The number of halogens is 3. The van der Waals surface area contributed by atoms with Crippen molar-refractivity contribution in [3.8, 4) is 0 Å². The molecule has 2 aliphatic rings. The lowest BCUT2D eigenvalue weighted by Gasteiger charge is -2.37. The smallest absolute Gasteiger partial charge is 0.382 e. The van der Waals surface area contributed by atoms with E-state index < -0.39 is 11.7 Å². The maximum Gasteiger partial charge on any atom is 0.418 e. The van der Waals surface area contributed by atoms with E-state index in [1.807, 2.05) is 13.8 Å². The summed E-state index contributed by atoms with van der Waals surface area (Å²) >= 11 is 5.76. The first kappa shape index (κ1) is 34.9. The normalized spacial score (nSPS) is 16.9. The molecule has 0 radical (unpaired) electrons. The van der Waals surface area contributed by atoms with Gasteiger partial charge in [0.2, 0.25) is 0 Å². The Labute approximate surface area is 261 Å². The van der Waals surface area contributed by atoms with Gasteiger partial charge >= 0.3 is 6.18 Å². The zero-order chi connectivity index (χ0) is 31.6. The highest BCUT2D eigenvalue weighted by molar-refractivity contribution is 7.80. The van der Waals surface area contributed by atoms with Crippen molar-refractivity contribution in [1.82, 2.24) is 9.80 Å². The minimum atomic E-state index is -4.47. The number of alkyl halides is 3. The highest BCUT2D eigenvalue weighted by Gasteiger charge is 2.34. The van der Waals surface area contributed by atoms with Crippen LogP contribution in [-0.2, 0) is 16.4 Å². The fourth-order valence-corrected chi connectivity index (χ4v) is 5.92. The van der Waals surface area contributed by atoms with Gasteiger partial charge in [-0.15, -0.1) is 0 Å². The summed E-state index contributed by atoms with van der Waals surface area (Å²) in [6.07, 6.45) is -0.874. The lowest BCUT2D eigenvalue weighted by molar-refractivity contribution is -0.137. The number of hydrogen-bond donors (Lipinski definition) is 2. The van der Waals surface area contributed by atoms with Gasteiger partial charge in [-0.25, -0.2) is 0 Å². The second-order valence-corrected chi connectivity index (χ2v) is 12.6. The number of rotatable bonds is 9. The molecule has 2 aliphatic heterocycles. The summed E-state index contributed by atoms with van der Waals surface area (Å²) in [6, 6.07) is 13.3. The highest BCUT2D eigenvalue weighted by atomic mass is 32.1. The molecule has 2 N–H and O–H groups in total. The van der Waals surface area contributed by atoms with Crippen molar-refractivity contribution in [1.29, 1.82) is 0 Å². The van der Waals surface area contributed by atoms with Gasteiger partial charge in [-0.3, -0.25) is 15.2 Å². The highest BCUT2D eigenvalue weighted by Crippen LogP contribution is 2.37. The zero-order valence-electron chi connectivity index (χ0n) is 26.7. The molecule has 0 aromatic heterocycles. The summed E-state index contributed by atoms with van der Waals surface area (Å²) < 4.78 is 40.4. The van der Waals surface area contributed by atoms with E-state index in [4.69, 9.17) is 17.1 Å². The van der Waals surface area contributed by atoms with Gasteiger partial charge in [0.25, 0.3) is 0 Å². The molecule has 4 rings (SSSR count). The number of piperazine rings is 1. The Hall–Kier alpha value is -2.56. The van der Waals surface area contributed by atoms with Crippen LogP contribution < -0.4 is 15.7 Å². The first-order valence-electron chi connectivity index (χ1n) is 15.6. The lowest BCUT2D eigenvalue weighted by Crippen LogP contribution is -2.47. The fraction of sp³-hybridized carbons (Fsp3) is 0.606. The maximum absolute atomic E-state index is 13.5. The van der Waals surface area contributed by atoms with E-state index in [-0.39, 0.29) is 17.1 Å². The molecule has 0 bridgehead atoms. The molecule has 2 fully saturated rings. The van der Waals surface area contributed by atoms with Crippen LogP contribution in [0.15, 0.2) is 42.5 Å². The number of thiocarbonyl (C=S) groups is 1. The molecule has 0 amide bonds. The van der Waals surface area contributed by atoms with Crippen molar-refractivity contribution in [2.24, 2.45) is 0 Å². The van der Waals surface area contributed by atoms with E-state index in [0.717, 1.165) is 82.6 Å². The number of nitrogens with one attached hydrogen (secondary N) is 2. The Morgan fingerprint density at radius 1 is 0.930 bits per heavy atom. The lowest BCUT2D eigenvalue weighted by atomic mass is 9.87. The average molecular weight is 622 g/mol. The Morgan fingerprint density at radius 3 is 2.12 bits per heavy atom. The number of piperidine rings is 1. The van der Waals surface area contributed by atoms with E-state index >= 15 is 0 Å². The number of hydrogen-bond acceptors (Lipinski definition) is 6. The van der Waals surface area contributed by atoms with Crippen molar-refractivity contribution in [3.63, 3.8) is 0 Å². The van der Waals surface area contributed by atoms with Gasteiger partial charge < -0.3 is 15.1 Å². The molecular weight excluding hydrogens is 571 g/mol. The van der Waals surface area contributed by atoms with Gasteiger partial charge in [0, 0.05) is 56.7 Å². The Kier molecular flexibility index (Phi) is 13.0. The molecule has 0 aliphatic carbocycles. The predicted octanol–water partition coefficient (Wildman–Crippen LogP) is 7.81.